The largest absolute Gasteiger partial charge is 0.378 e. The minimum absolute atomic E-state index is 0.197. The Morgan fingerprint density at radius 3 is 2.81 bits per heavy atom. The van der Waals surface area contributed by atoms with Gasteiger partial charge in [0.05, 0.1) is 12.0 Å². The van der Waals surface area contributed by atoms with Crippen LogP contribution in [0.4, 0.5) is 0 Å². The number of benzene rings is 2. The summed E-state index contributed by atoms with van der Waals surface area (Å²) in [5.74, 6) is 6.18. The van der Waals surface area contributed by atoms with Crippen molar-refractivity contribution in [1.82, 2.24) is 9.55 Å². The lowest BCUT2D eigenvalue weighted by Gasteiger charge is -2.33. The van der Waals surface area contributed by atoms with Crippen molar-refractivity contribution < 1.29 is 5.11 Å². The third-order valence-corrected chi connectivity index (χ3v) is 5.29. The molecule has 4 rings (SSSR count). The second kappa shape index (κ2) is 7.60. The number of halogens is 1. The van der Waals surface area contributed by atoms with Crippen molar-refractivity contribution in [2.24, 2.45) is 0 Å². The van der Waals surface area contributed by atoms with E-state index >= 15 is 0 Å². The van der Waals surface area contributed by atoms with Crippen molar-refractivity contribution in [3.8, 4) is 23.1 Å². The summed E-state index contributed by atoms with van der Waals surface area (Å²) in [4.78, 5) is 4.54. The van der Waals surface area contributed by atoms with Crippen molar-refractivity contribution in [3.05, 3.63) is 77.7 Å². The molecule has 3 aromatic rings. The van der Waals surface area contributed by atoms with Gasteiger partial charge in [0.2, 0.25) is 0 Å². The molecular formula is C23H21ClN2O. The lowest BCUT2D eigenvalue weighted by atomic mass is 9.82. The van der Waals surface area contributed by atoms with Gasteiger partial charge in [0.15, 0.2) is 0 Å². The molecule has 0 spiro atoms. The molecule has 1 saturated carbocycles. The summed E-state index contributed by atoms with van der Waals surface area (Å²) in [6.45, 7) is 0. The maximum atomic E-state index is 11.0. The van der Waals surface area contributed by atoms with Gasteiger partial charge < -0.3 is 9.67 Å². The standard InChI is InChI=1S/C23H21ClN2O/c24-20-9-4-6-18(14-20)11-13-23(27)12-5-10-21(15-23)26-16-22(25-17-26)19-7-2-1-3-8-19/h1-4,6-9,14,16-17,21,27H,5,10,12,15H2/t21-,23+/m0/s1. The van der Waals surface area contributed by atoms with Crippen LogP contribution in [0, 0.1) is 11.8 Å². The molecule has 136 valence electrons. The van der Waals surface area contributed by atoms with E-state index in [9.17, 15) is 5.11 Å². The Balaban J connectivity index is 1.52. The Morgan fingerprint density at radius 1 is 1.15 bits per heavy atom. The van der Waals surface area contributed by atoms with Crippen LogP contribution in [0.3, 0.4) is 0 Å². The van der Waals surface area contributed by atoms with E-state index in [-0.39, 0.29) is 6.04 Å². The summed E-state index contributed by atoms with van der Waals surface area (Å²) in [5, 5.41) is 11.7. The fourth-order valence-electron chi connectivity index (χ4n) is 3.64. The van der Waals surface area contributed by atoms with Gasteiger partial charge >= 0.3 is 0 Å². The Labute approximate surface area is 164 Å². The van der Waals surface area contributed by atoms with E-state index in [0.29, 0.717) is 17.9 Å². The van der Waals surface area contributed by atoms with E-state index in [1.165, 1.54) is 0 Å². The monoisotopic (exact) mass is 376 g/mol. The molecule has 2 aromatic carbocycles. The van der Waals surface area contributed by atoms with Crippen LogP contribution < -0.4 is 0 Å². The van der Waals surface area contributed by atoms with Gasteiger partial charge in [-0.25, -0.2) is 4.98 Å². The molecule has 0 aliphatic heterocycles. The van der Waals surface area contributed by atoms with E-state index in [4.69, 9.17) is 11.6 Å². The van der Waals surface area contributed by atoms with Crippen molar-refractivity contribution in [2.45, 2.75) is 37.3 Å². The van der Waals surface area contributed by atoms with Gasteiger partial charge in [-0.05, 0) is 37.5 Å². The summed E-state index contributed by atoms with van der Waals surface area (Å²) in [6, 6.07) is 17.8. The molecule has 0 amide bonds. The molecule has 0 bridgehead atoms. The minimum Gasteiger partial charge on any atom is -0.378 e. The number of nitrogens with zero attached hydrogens (tertiary/aromatic N) is 2. The molecule has 2 atom stereocenters. The van der Waals surface area contributed by atoms with Crippen LogP contribution in [-0.2, 0) is 0 Å². The molecule has 1 heterocycles. The molecule has 1 N–H and O–H groups in total. The molecule has 1 aliphatic rings. The third-order valence-electron chi connectivity index (χ3n) is 5.06. The van der Waals surface area contributed by atoms with E-state index in [1.54, 1.807) is 0 Å². The van der Waals surface area contributed by atoms with Crippen molar-refractivity contribution in [1.29, 1.82) is 0 Å². The third kappa shape index (κ3) is 4.24. The molecule has 1 aromatic heterocycles. The summed E-state index contributed by atoms with van der Waals surface area (Å²) < 4.78 is 2.12. The quantitative estimate of drug-likeness (QED) is 0.632. The number of hydrogen-bond acceptors (Lipinski definition) is 2. The zero-order valence-electron chi connectivity index (χ0n) is 15.0. The fourth-order valence-corrected chi connectivity index (χ4v) is 3.83. The van der Waals surface area contributed by atoms with Crippen LogP contribution in [0.2, 0.25) is 5.02 Å². The Hall–Kier alpha value is -2.54. The van der Waals surface area contributed by atoms with Crippen LogP contribution >= 0.6 is 11.6 Å². The van der Waals surface area contributed by atoms with Gasteiger partial charge in [0.25, 0.3) is 0 Å². The summed E-state index contributed by atoms with van der Waals surface area (Å²) in [6.07, 6.45) is 7.18. The number of hydrogen-bond donors (Lipinski definition) is 1. The first kappa shape index (κ1) is 17.9. The van der Waals surface area contributed by atoms with Crippen LogP contribution in [-0.4, -0.2) is 20.3 Å². The topological polar surface area (TPSA) is 38.0 Å². The summed E-state index contributed by atoms with van der Waals surface area (Å²) in [7, 11) is 0. The van der Waals surface area contributed by atoms with Gasteiger partial charge in [-0.3, -0.25) is 0 Å². The van der Waals surface area contributed by atoms with E-state index in [2.05, 4.69) is 39.7 Å². The average molecular weight is 377 g/mol. The highest BCUT2D eigenvalue weighted by Crippen LogP contribution is 2.36. The van der Waals surface area contributed by atoms with E-state index < -0.39 is 5.60 Å². The highest BCUT2D eigenvalue weighted by molar-refractivity contribution is 6.30. The first-order valence-corrected chi connectivity index (χ1v) is 9.59. The van der Waals surface area contributed by atoms with E-state index in [0.717, 1.165) is 29.7 Å². The van der Waals surface area contributed by atoms with Crippen molar-refractivity contribution in [2.75, 3.05) is 0 Å². The zero-order chi connectivity index (χ0) is 18.7. The van der Waals surface area contributed by atoms with Gasteiger partial charge in [-0.15, -0.1) is 0 Å². The maximum absolute atomic E-state index is 11.0. The molecule has 4 heteroatoms. The highest BCUT2D eigenvalue weighted by Gasteiger charge is 2.33. The Morgan fingerprint density at radius 2 is 2.00 bits per heavy atom. The van der Waals surface area contributed by atoms with Crippen molar-refractivity contribution >= 4 is 11.6 Å². The molecule has 0 saturated heterocycles. The van der Waals surface area contributed by atoms with Gasteiger partial charge in [0.1, 0.15) is 5.60 Å². The molecule has 3 nitrogen and oxygen atoms in total. The predicted molar refractivity (Wildman–Crippen MR) is 108 cm³/mol. The summed E-state index contributed by atoms with van der Waals surface area (Å²) >= 11 is 6.02. The fraction of sp³-hybridized carbons (Fsp3) is 0.261. The lowest BCUT2D eigenvalue weighted by molar-refractivity contribution is 0.0398. The molecule has 1 aliphatic carbocycles. The number of rotatable bonds is 2. The maximum Gasteiger partial charge on any atom is 0.127 e. The molecule has 0 unspecified atom stereocenters. The Kier molecular flexibility index (Phi) is 5.03. The van der Waals surface area contributed by atoms with E-state index in [1.807, 2.05) is 48.8 Å². The van der Waals surface area contributed by atoms with Gasteiger partial charge in [-0.1, -0.05) is 59.8 Å². The van der Waals surface area contributed by atoms with Crippen LogP contribution in [0.1, 0.15) is 37.3 Å². The highest BCUT2D eigenvalue weighted by atomic mass is 35.5. The minimum atomic E-state index is -0.984. The zero-order valence-corrected chi connectivity index (χ0v) is 15.7. The molecule has 27 heavy (non-hydrogen) atoms. The first-order chi connectivity index (χ1) is 13.1. The average Bonchev–Trinajstić information content (AvgIpc) is 3.18. The lowest BCUT2D eigenvalue weighted by Crippen LogP contribution is -2.34. The molecule has 0 radical (unpaired) electrons. The van der Waals surface area contributed by atoms with Gasteiger partial charge in [0, 0.05) is 34.8 Å². The molecule has 1 fully saturated rings. The molecular weight excluding hydrogens is 356 g/mol. The SMILES string of the molecule is O[C@@]1(C#Cc2cccc(Cl)c2)CCC[C@H](n2cnc(-c3ccccc3)c2)C1. The first-order valence-electron chi connectivity index (χ1n) is 9.21. The van der Waals surface area contributed by atoms with Gasteiger partial charge in [-0.2, -0.15) is 0 Å². The van der Waals surface area contributed by atoms with Crippen molar-refractivity contribution in [3.63, 3.8) is 0 Å². The van der Waals surface area contributed by atoms with Crippen LogP contribution in [0.25, 0.3) is 11.3 Å². The number of aromatic nitrogens is 2. The Bertz CT molecular complexity index is 986. The number of aliphatic hydroxyl groups is 1. The second-order valence-corrected chi connectivity index (χ2v) is 7.55. The van der Waals surface area contributed by atoms with Crippen LogP contribution in [0.5, 0.6) is 0 Å². The van der Waals surface area contributed by atoms with Crippen LogP contribution in [0.15, 0.2) is 67.1 Å². The summed E-state index contributed by atoms with van der Waals surface area (Å²) in [5.41, 5.74) is 1.90. The normalized spacial score (nSPS) is 22.1. The predicted octanol–water partition coefficient (Wildman–Crippen LogP) is 5.10. The number of imidazole rings is 1. The second-order valence-electron chi connectivity index (χ2n) is 7.11. The smallest absolute Gasteiger partial charge is 0.127 e.